The number of para-hydroxylation sites is 1. The molecule has 0 fully saturated rings. The average Bonchev–Trinajstić information content (AvgIpc) is 3.87. The second-order valence-electron chi connectivity index (χ2n) is 21.5. The Morgan fingerprint density at radius 1 is 0.545 bits per heavy atom. The van der Waals surface area contributed by atoms with E-state index in [0.717, 1.165) is 50.3 Å². The molecular weight excluding hydrogens is 988 g/mol. The molecule has 338 valence electrons. The van der Waals surface area contributed by atoms with Crippen molar-refractivity contribution in [2.75, 3.05) is 0 Å². The maximum atomic E-state index is 6.83. The van der Waals surface area contributed by atoms with Gasteiger partial charge in [0.1, 0.15) is 5.82 Å². The fourth-order valence-corrected chi connectivity index (χ4v) is 8.92. The Morgan fingerprint density at radius 3 is 1.74 bits per heavy atom. The van der Waals surface area contributed by atoms with Crippen molar-refractivity contribution in [1.82, 2.24) is 14.1 Å². The van der Waals surface area contributed by atoms with Gasteiger partial charge >= 0.3 is 0 Å². The molecule has 0 aliphatic rings. The number of pyridine rings is 1. The first kappa shape index (κ1) is 46.5. The fourth-order valence-electron chi connectivity index (χ4n) is 8.92. The van der Waals surface area contributed by atoms with Gasteiger partial charge in [-0.05, 0) is 96.4 Å². The Labute approximate surface area is 406 Å². The molecule has 66 heavy (non-hydrogen) atoms. The molecule has 0 unspecified atom stereocenters. The van der Waals surface area contributed by atoms with Crippen LogP contribution in [0.2, 0.25) is 0 Å². The molecule has 9 aromatic rings. The van der Waals surface area contributed by atoms with Gasteiger partial charge in [-0.25, -0.2) is 4.98 Å². The number of ether oxygens (including phenoxy) is 1. The SMILES string of the molecule is CC(C)(C)c1cc(Oc2[c-]c3c(cc2)c2ccccc2n3-c2cc(C(C)(C)C)ccn2)[c-]c(-n2[c-][n+](-c3cc(-c4ccccc4)c(C(C)(C)C)c(-c4ccccc4)c3)c(C(C)(C)C)c2)c1.[Pt]. The molecule has 0 radical (unpaired) electrons. The van der Waals surface area contributed by atoms with Gasteiger partial charge in [0, 0.05) is 50.5 Å². The van der Waals surface area contributed by atoms with Gasteiger partial charge < -0.3 is 13.9 Å². The topological polar surface area (TPSA) is 35.9 Å². The fraction of sp³-hybridized carbons (Fsp3) is 0.267. The first-order chi connectivity index (χ1) is 30.7. The van der Waals surface area contributed by atoms with Gasteiger partial charge in [-0.3, -0.25) is 4.57 Å². The van der Waals surface area contributed by atoms with Crippen LogP contribution in [0.1, 0.15) is 105 Å². The Bertz CT molecular complexity index is 3140. The third-order valence-corrected chi connectivity index (χ3v) is 12.3. The van der Waals surface area contributed by atoms with E-state index in [2.05, 4.69) is 249 Å². The number of rotatable bonds is 7. The zero-order valence-electron chi connectivity index (χ0n) is 40.4. The molecule has 0 aliphatic carbocycles. The largest absolute Gasteiger partial charge is 0.510 e. The van der Waals surface area contributed by atoms with Crippen molar-refractivity contribution in [2.45, 2.75) is 105 Å². The summed E-state index contributed by atoms with van der Waals surface area (Å²) in [4.78, 5) is 4.88. The number of nitrogens with zero attached hydrogens (tertiary/aromatic N) is 4. The van der Waals surface area contributed by atoms with E-state index >= 15 is 0 Å². The first-order valence-corrected chi connectivity index (χ1v) is 22.8. The second-order valence-corrected chi connectivity index (χ2v) is 21.5. The minimum Gasteiger partial charge on any atom is -0.510 e. The quantitative estimate of drug-likeness (QED) is 0.118. The van der Waals surface area contributed by atoms with Crippen molar-refractivity contribution < 1.29 is 30.4 Å². The van der Waals surface area contributed by atoms with Crippen molar-refractivity contribution in [3.05, 3.63) is 187 Å². The molecular formula is C60H60N4OPt-2. The van der Waals surface area contributed by atoms with E-state index in [4.69, 9.17) is 9.72 Å². The predicted molar refractivity (Wildman–Crippen MR) is 268 cm³/mol. The number of hydrogen-bond acceptors (Lipinski definition) is 2. The van der Waals surface area contributed by atoms with Crippen molar-refractivity contribution in [3.63, 3.8) is 0 Å². The summed E-state index contributed by atoms with van der Waals surface area (Å²) in [6.07, 6.45) is 7.93. The Morgan fingerprint density at radius 2 is 1.15 bits per heavy atom. The van der Waals surface area contributed by atoms with Crippen LogP contribution in [0.5, 0.6) is 11.5 Å². The van der Waals surface area contributed by atoms with Gasteiger partial charge in [-0.2, -0.15) is 17.7 Å². The number of fused-ring (bicyclic) bond motifs is 3. The van der Waals surface area contributed by atoms with E-state index in [0.29, 0.717) is 11.5 Å². The Balaban J connectivity index is 0.00000592. The van der Waals surface area contributed by atoms with Gasteiger partial charge in [-0.15, -0.1) is 29.7 Å². The normalized spacial score (nSPS) is 12.4. The first-order valence-electron chi connectivity index (χ1n) is 22.8. The van der Waals surface area contributed by atoms with Crippen LogP contribution in [0, 0.1) is 18.5 Å². The number of benzene rings is 6. The van der Waals surface area contributed by atoms with Crippen molar-refractivity contribution in [1.29, 1.82) is 0 Å². The van der Waals surface area contributed by atoms with Gasteiger partial charge in [0.05, 0.1) is 11.4 Å². The van der Waals surface area contributed by atoms with Crippen molar-refractivity contribution in [2.24, 2.45) is 0 Å². The van der Waals surface area contributed by atoms with Crippen LogP contribution >= 0.6 is 0 Å². The summed E-state index contributed by atoms with van der Waals surface area (Å²) >= 11 is 0. The molecule has 0 aliphatic heterocycles. The van der Waals surface area contributed by atoms with Crippen LogP contribution in [0.25, 0.3) is 61.3 Å². The minimum absolute atomic E-state index is 0. The van der Waals surface area contributed by atoms with Crippen molar-refractivity contribution >= 4 is 21.8 Å². The molecule has 9 rings (SSSR count). The summed E-state index contributed by atoms with van der Waals surface area (Å²) in [5, 5.41) is 2.23. The number of aromatic nitrogens is 4. The van der Waals surface area contributed by atoms with Gasteiger partial charge in [0.25, 0.3) is 6.33 Å². The monoisotopic (exact) mass is 1050 g/mol. The van der Waals surface area contributed by atoms with Crippen LogP contribution in [-0.4, -0.2) is 14.1 Å². The molecule has 0 bridgehead atoms. The Hall–Kier alpha value is -6.03. The summed E-state index contributed by atoms with van der Waals surface area (Å²) in [6, 6.07) is 54.9. The minimum atomic E-state index is -0.227. The molecule has 0 atom stereocenters. The zero-order chi connectivity index (χ0) is 46.1. The maximum Gasteiger partial charge on any atom is 0.267 e. The third-order valence-electron chi connectivity index (χ3n) is 12.3. The van der Waals surface area contributed by atoms with Crippen LogP contribution in [0.15, 0.2) is 146 Å². The molecule has 3 aromatic heterocycles. The van der Waals surface area contributed by atoms with E-state index in [-0.39, 0.29) is 42.7 Å². The molecule has 6 aromatic carbocycles. The van der Waals surface area contributed by atoms with Crippen molar-refractivity contribution in [3.8, 4) is 50.9 Å². The zero-order valence-corrected chi connectivity index (χ0v) is 42.6. The molecule has 0 saturated heterocycles. The Kier molecular flexibility index (Phi) is 12.2. The van der Waals surface area contributed by atoms with E-state index in [1.807, 2.05) is 12.3 Å². The summed E-state index contributed by atoms with van der Waals surface area (Å²) in [5.74, 6) is 2.06. The van der Waals surface area contributed by atoms with Crippen LogP contribution in [0.3, 0.4) is 0 Å². The standard InChI is InChI=1S/C60H60N4O.Pt/c1-57(2,3)42-29-30-61-55(33-42)64-52-26-20-19-25-48(52)49-28-27-46(37-53(49)64)65-47-32-43(58(4,5)6)31-44(34-47)62-38-54(59(7,8)9)63(39-62)45-35-50(40-21-15-13-16-22-40)56(60(10,11)12)51(36-45)41-23-17-14-18-24-41;/h13-33,35-36,38H,1-12H3;/q-2;. The predicted octanol–water partition coefficient (Wildman–Crippen LogP) is 15.0. The summed E-state index contributed by atoms with van der Waals surface area (Å²) in [6.45, 7) is 27.1. The smallest absolute Gasteiger partial charge is 0.267 e. The maximum absolute atomic E-state index is 6.83. The van der Waals surface area contributed by atoms with E-state index in [1.54, 1.807) is 0 Å². The van der Waals surface area contributed by atoms with Crippen LogP contribution in [-0.2, 0) is 42.7 Å². The summed E-state index contributed by atoms with van der Waals surface area (Å²) in [5.41, 5.74) is 12.9. The molecule has 0 amide bonds. The second kappa shape index (κ2) is 17.3. The third kappa shape index (κ3) is 9.08. The molecule has 0 N–H and O–H groups in total. The van der Waals surface area contributed by atoms with Gasteiger partial charge in [-0.1, -0.05) is 167 Å². The molecule has 0 saturated carbocycles. The molecule has 5 nitrogen and oxygen atoms in total. The van der Waals surface area contributed by atoms with E-state index < -0.39 is 0 Å². The number of imidazole rings is 1. The van der Waals surface area contributed by atoms with E-state index in [9.17, 15) is 0 Å². The van der Waals surface area contributed by atoms with Crippen LogP contribution in [0.4, 0.5) is 0 Å². The molecule has 0 spiro atoms. The molecule has 6 heteroatoms. The molecule has 3 heterocycles. The van der Waals surface area contributed by atoms with Crippen LogP contribution < -0.4 is 9.30 Å². The average molecular weight is 1050 g/mol. The van der Waals surface area contributed by atoms with Gasteiger partial charge in [0.2, 0.25) is 0 Å². The number of hydrogen-bond donors (Lipinski definition) is 0. The summed E-state index contributed by atoms with van der Waals surface area (Å²) in [7, 11) is 0. The van der Waals surface area contributed by atoms with E-state index in [1.165, 1.54) is 33.4 Å². The summed E-state index contributed by atoms with van der Waals surface area (Å²) < 4.78 is 13.4. The van der Waals surface area contributed by atoms with Gasteiger partial charge in [0.15, 0.2) is 0 Å².